The third-order valence-electron chi connectivity index (χ3n) is 5.04. The zero-order valence-corrected chi connectivity index (χ0v) is 14.5. The molecule has 4 rings (SSSR count). The molecule has 2 aromatic rings. The molecule has 24 heavy (non-hydrogen) atoms. The van der Waals surface area contributed by atoms with Crippen molar-refractivity contribution in [2.75, 3.05) is 19.7 Å². The first-order valence-corrected chi connectivity index (χ1v) is 8.90. The summed E-state index contributed by atoms with van der Waals surface area (Å²) >= 11 is 0. The van der Waals surface area contributed by atoms with Crippen molar-refractivity contribution in [3.05, 3.63) is 35.7 Å². The standard InChI is InChI=1S/C18H25N5O/c1-13-9-20-18(21-10-13)24-8-5-16-11-19-17-14(2)22(6-7-23(16)17)12-15-3-4-15/h9-11,14-15H,3-8,12H2,1-2H3/t14-/m0/s1. The second kappa shape index (κ2) is 6.51. The van der Waals surface area contributed by atoms with Crippen molar-refractivity contribution in [1.29, 1.82) is 0 Å². The SMILES string of the molecule is Cc1cnc(OCCc2cnc3n2CCN(CC2CC2)[C@H]3C)nc1. The topological polar surface area (TPSA) is 56.1 Å². The van der Waals surface area contributed by atoms with E-state index in [1.807, 2.05) is 13.1 Å². The molecule has 1 fully saturated rings. The zero-order chi connectivity index (χ0) is 16.5. The van der Waals surface area contributed by atoms with E-state index in [2.05, 4.69) is 31.3 Å². The van der Waals surface area contributed by atoms with Gasteiger partial charge in [-0.1, -0.05) is 0 Å². The molecule has 1 atom stereocenters. The highest BCUT2D eigenvalue weighted by atomic mass is 16.5. The summed E-state index contributed by atoms with van der Waals surface area (Å²) in [6.07, 6.45) is 9.20. The van der Waals surface area contributed by atoms with E-state index < -0.39 is 0 Å². The van der Waals surface area contributed by atoms with Crippen LogP contribution in [0.3, 0.4) is 0 Å². The maximum Gasteiger partial charge on any atom is 0.316 e. The van der Waals surface area contributed by atoms with Crippen LogP contribution in [-0.4, -0.2) is 44.1 Å². The Bertz CT molecular complexity index is 692. The van der Waals surface area contributed by atoms with Crippen LogP contribution >= 0.6 is 0 Å². The molecular weight excluding hydrogens is 302 g/mol. The summed E-state index contributed by atoms with van der Waals surface area (Å²) in [6, 6.07) is 0.859. The van der Waals surface area contributed by atoms with Crippen molar-refractivity contribution in [3.63, 3.8) is 0 Å². The molecule has 0 amide bonds. The van der Waals surface area contributed by atoms with Crippen LogP contribution in [0.2, 0.25) is 0 Å². The molecule has 0 bridgehead atoms. The highest BCUT2D eigenvalue weighted by molar-refractivity contribution is 5.12. The Morgan fingerprint density at radius 2 is 1.92 bits per heavy atom. The maximum atomic E-state index is 5.66. The number of rotatable bonds is 6. The second-order valence-corrected chi connectivity index (χ2v) is 7.02. The van der Waals surface area contributed by atoms with Crippen molar-refractivity contribution in [2.45, 2.75) is 45.7 Å². The zero-order valence-electron chi connectivity index (χ0n) is 14.5. The fraction of sp³-hybridized carbons (Fsp3) is 0.611. The quantitative estimate of drug-likeness (QED) is 0.815. The molecule has 6 nitrogen and oxygen atoms in total. The van der Waals surface area contributed by atoms with Gasteiger partial charge in [0, 0.05) is 50.3 Å². The summed E-state index contributed by atoms with van der Waals surface area (Å²) in [4.78, 5) is 15.6. The Kier molecular flexibility index (Phi) is 4.22. The first kappa shape index (κ1) is 15.6. The van der Waals surface area contributed by atoms with Crippen molar-refractivity contribution < 1.29 is 4.74 Å². The fourth-order valence-corrected chi connectivity index (χ4v) is 3.39. The van der Waals surface area contributed by atoms with Crippen LogP contribution in [-0.2, 0) is 13.0 Å². The molecule has 0 aromatic carbocycles. The van der Waals surface area contributed by atoms with Crippen molar-refractivity contribution >= 4 is 0 Å². The number of aryl methyl sites for hydroxylation is 1. The van der Waals surface area contributed by atoms with Gasteiger partial charge in [0.05, 0.1) is 12.6 Å². The van der Waals surface area contributed by atoms with Gasteiger partial charge < -0.3 is 9.30 Å². The van der Waals surface area contributed by atoms with E-state index in [1.165, 1.54) is 30.9 Å². The van der Waals surface area contributed by atoms with Crippen molar-refractivity contribution in [1.82, 2.24) is 24.4 Å². The highest BCUT2D eigenvalue weighted by Crippen LogP contribution is 2.34. The van der Waals surface area contributed by atoms with Gasteiger partial charge in [0.2, 0.25) is 0 Å². The minimum absolute atomic E-state index is 0.412. The molecule has 3 heterocycles. The Morgan fingerprint density at radius 1 is 1.12 bits per heavy atom. The van der Waals surface area contributed by atoms with Gasteiger partial charge in [-0.15, -0.1) is 0 Å². The van der Waals surface area contributed by atoms with Gasteiger partial charge in [-0.3, -0.25) is 4.90 Å². The van der Waals surface area contributed by atoms with Gasteiger partial charge in [0.25, 0.3) is 0 Å². The molecule has 128 valence electrons. The summed E-state index contributed by atoms with van der Waals surface area (Å²) in [6.45, 7) is 8.21. The van der Waals surface area contributed by atoms with E-state index in [0.717, 1.165) is 31.0 Å². The Labute approximate surface area is 142 Å². The van der Waals surface area contributed by atoms with Crippen LogP contribution in [0.4, 0.5) is 0 Å². The first-order valence-electron chi connectivity index (χ1n) is 8.90. The summed E-state index contributed by atoms with van der Waals surface area (Å²) < 4.78 is 8.03. The van der Waals surface area contributed by atoms with E-state index in [1.54, 1.807) is 12.4 Å². The van der Waals surface area contributed by atoms with Gasteiger partial charge >= 0.3 is 6.01 Å². The third kappa shape index (κ3) is 3.29. The van der Waals surface area contributed by atoms with Crippen molar-refractivity contribution in [3.8, 4) is 6.01 Å². The van der Waals surface area contributed by atoms with Crippen LogP contribution in [0.1, 0.15) is 42.9 Å². The lowest BCUT2D eigenvalue weighted by Gasteiger charge is -2.34. The van der Waals surface area contributed by atoms with E-state index >= 15 is 0 Å². The average Bonchev–Trinajstić information content (AvgIpc) is 3.31. The lowest BCUT2D eigenvalue weighted by atomic mass is 10.2. The van der Waals surface area contributed by atoms with Gasteiger partial charge in [0.1, 0.15) is 5.82 Å². The minimum Gasteiger partial charge on any atom is -0.463 e. The molecule has 1 saturated carbocycles. The molecule has 0 radical (unpaired) electrons. The number of hydrogen-bond acceptors (Lipinski definition) is 5. The predicted octanol–water partition coefficient (Wildman–Crippen LogP) is 2.39. The van der Waals surface area contributed by atoms with Crippen LogP contribution in [0.5, 0.6) is 6.01 Å². The van der Waals surface area contributed by atoms with Crippen molar-refractivity contribution in [2.24, 2.45) is 5.92 Å². The van der Waals surface area contributed by atoms with Gasteiger partial charge in [0.15, 0.2) is 0 Å². The fourth-order valence-electron chi connectivity index (χ4n) is 3.39. The smallest absolute Gasteiger partial charge is 0.316 e. The molecule has 6 heteroatoms. The van der Waals surface area contributed by atoms with Crippen LogP contribution in [0.25, 0.3) is 0 Å². The number of ether oxygens (including phenoxy) is 1. The molecular formula is C18H25N5O. The summed E-state index contributed by atoms with van der Waals surface area (Å²) in [7, 11) is 0. The molecule has 0 saturated heterocycles. The van der Waals surface area contributed by atoms with E-state index in [-0.39, 0.29) is 0 Å². The number of fused-ring (bicyclic) bond motifs is 1. The van der Waals surface area contributed by atoms with Gasteiger partial charge in [-0.25, -0.2) is 15.0 Å². The predicted molar refractivity (Wildman–Crippen MR) is 90.9 cm³/mol. The summed E-state index contributed by atoms with van der Waals surface area (Å²) in [5.41, 5.74) is 2.28. The molecule has 2 aromatic heterocycles. The van der Waals surface area contributed by atoms with E-state index in [9.17, 15) is 0 Å². The first-order chi connectivity index (χ1) is 11.7. The maximum absolute atomic E-state index is 5.66. The summed E-state index contributed by atoms with van der Waals surface area (Å²) in [5.74, 6) is 2.12. The van der Waals surface area contributed by atoms with Gasteiger partial charge in [-0.05, 0) is 38.2 Å². The minimum atomic E-state index is 0.412. The largest absolute Gasteiger partial charge is 0.463 e. The molecule has 0 unspecified atom stereocenters. The van der Waals surface area contributed by atoms with Crippen LogP contribution in [0.15, 0.2) is 18.6 Å². The second-order valence-electron chi connectivity index (χ2n) is 7.02. The monoisotopic (exact) mass is 327 g/mol. The number of hydrogen-bond donors (Lipinski definition) is 0. The highest BCUT2D eigenvalue weighted by Gasteiger charge is 2.31. The molecule has 1 aliphatic heterocycles. The Hall–Kier alpha value is -1.95. The number of aromatic nitrogens is 4. The third-order valence-corrected chi connectivity index (χ3v) is 5.04. The molecule has 1 aliphatic carbocycles. The van der Waals surface area contributed by atoms with Gasteiger partial charge in [-0.2, -0.15) is 0 Å². The summed E-state index contributed by atoms with van der Waals surface area (Å²) in [5, 5.41) is 0. The van der Waals surface area contributed by atoms with Crippen LogP contribution < -0.4 is 4.74 Å². The van der Waals surface area contributed by atoms with E-state index in [4.69, 9.17) is 4.74 Å². The molecule has 0 spiro atoms. The molecule has 2 aliphatic rings. The molecule has 0 N–H and O–H groups in total. The normalized spacial score (nSPS) is 20.8. The Balaban J connectivity index is 1.36. The lowest BCUT2D eigenvalue weighted by molar-refractivity contribution is 0.156. The Morgan fingerprint density at radius 3 is 2.67 bits per heavy atom. The van der Waals surface area contributed by atoms with Crippen LogP contribution in [0, 0.1) is 12.8 Å². The number of nitrogens with zero attached hydrogens (tertiary/aromatic N) is 5. The average molecular weight is 327 g/mol. The van der Waals surface area contributed by atoms with E-state index in [0.29, 0.717) is 18.7 Å². The number of imidazole rings is 1. The lowest BCUT2D eigenvalue weighted by Crippen LogP contribution is -2.38.